The molecule has 3 aromatic rings. The Labute approximate surface area is 224 Å². The summed E-state index contributed by atoms with van der Waals surface area (Å²) in [6.07, 6.45) is -3.29. The molecule has 2 aliphatic heterocycles. The van der Waals surface area contributed by atoms with Gasteiger partial charge in [-0.05, 0) is 79.2 Å². The maximum atomic E-state index is 13.5. The number of anilines is 3. The number of fused-ring (bicyclic) bond motifs is 1. The fraction of sp³-hybridized carbons (Fsp3) is 0.111. The van der Waals surface area contributed by atoms with Crippen molar-refractivity contribution in [2.45, 2.75) is 20.0 Å². The van der Waals surface area contributed by atoms with Crippen LogP contribution in [0.15, 0.2) is 64.6 Å². The highest BCUT2D eigenvalue weighted by Crippen LogP contribution is 2.41. The fourth-order valence-electron chi connectivity index (χ4n) is 4.10. The van der Waals surface area contributed by atoms with Crippen molar-refractivity contribution >= 4 is 57.7 Å². The number of amides is 3. The standard InChI is InChI=1S/C27H19F3N4O4S/c1-13-6-8-17(10-14(13)2)34-20-12-16(27(28,29)30)7-9-18(20)22(25(34)37)33-32-19-5-3-4-15(23(19)35)11-21-24(36)31-26(38)39-21/h3-12,32,35H,1-2H3,(H,31,36,38). The third kappa shape index (κ3) is 4.86. The van der Waals surface area contributed by atoms with Gasteiger partial charge < -0.3 is 5.11 Å². The number of carbonyl (C=O) groups excluding carboxylic acids is 3. The number of para-hydroxylation sites is 1. The van der Waals surface area contributed by atoms with Crippen LogP contribution in [0.2, 0.25) is 0 Å². The molecule has 3 aromatic carbocycles. The Bertz CT molecular complexity index is 1630. The highest BCUT2D eigenvalue weighted by molar-refractivity contribution is 8.18. The summed E-state index contributed by atoms with van der Waals surface area (Å²) in [5, 5.41) is 16.5. The lowest BCUT2D eigenvalue weighted by Crippen LogP contribution is -2.26. The van der Waals surface area contributed by atoms with E-state index in [0.717, 1.165) is 23.3 Å². The average Bonchev–Trinajstić information content (AvgIpc) is 3.34. The molecule has 2 aliphatic rings. The van der Waals surface area contributed by atoms with Crippen LogP contribution in [-0.4, -0.2) is 27.9 Å². The molecule has 1 saturated heterocycles. The van der Waals surface area contributed by atoms with E-state index in [-0.39, 0.29) is 38.9 Å². The molecule has 0 saturated carbocycles. The van der Waals surface area contributed by atoms with E-state index in [1.54, 1.807) is 24.3 Å². The maximum Gasteiger partial charge on any atom is 0.416 e. The van der Waals surface area contributed by atoms with Crippen molar-refractivity contribution in [2.24, 2.45) is 5.10 Å². The number of hydrogen-bond donors (Lipinski definition) is 3. The van der Waals surface area contributed by atoms with E-state index in [2.05, 4.69) is 15.8 Å². The molecule has 0 bridgehead atoms. The number of nitrogens with one attached hydrogen (secondary N) is 2. The summed E-state index contributed by atoms with van der Waals surface area (Å²) in [6.45, 7) is 3.71. The lowest BCUT2D eigenvalue weighted by Gasteiger charge is -2.19. The lowest BCUT2D eigenvalue weighted by molar-refractivity contribution is -0.137. The number of hydrogen-bond acceptors (Lipinski definition) is 7. The van der Waals surface area contributed by atoms with Gasteiger partial charge in [-0.1, -0.05) is 18.2 Å². The number of imide groups is 1. The molecule has 0 spiro atoms. The van der Waals surface area contributed by atoms with Crippen molar-refractivity contribution in [3.05, 3.63) is 87.3 Å². The molecule has 2 heterocycles. The van der Waals surface area contributed by atoms with Crippen molar-refractivity contribution in [1.82, 2.24) is 5.32 Å². The molecule has 3 N–H and O–H groups in total. The molecule has 39 heavy (non-hydrogen) atoms. The van der Waals surface area contributed by atoms with Gasteiger partial charge in [0.15, 0.2) is 5.71 Å². The van der Waals surface area contributed by atoms with Gasteiger partial charge >= 0.3 is 6.18 Å². The number of thioether (sulfide) groups is 1. The number of nitrogens with zero attached hydrogens (tertiary/aromatic N) is 2. The fourth-order valence-corrected chi connectivity index (χ4v) is 4.77. The van der Waals surface area contributed by atoms with Crippen LogP contribution < -0.4 is 15.6 Å². The third-order valence-corrected chi connectivity index (χ3v) is 7.07. The van der Waals surface area contributed by atoms with Gasteiger partial charge in [0.05, 0.1) is 21.8 Å². The van der Waals surface area contributed by atoms with E-state index in [4.69, 9.17) is 0 Å². The Balaban J connectivity index is 1.54. The number of hydrazone groups is 1. The number of aryl methyl sites for hydroxylation is 2. The van der Waals surface area contributed by atoms with E-state index in [9.17, 15) is 32.7 Å². The molecule has 0 atom stereocenters. The van der Waals surface area contributed by atoms with Crippen molar-refractivity contribution < 1.29 is 32.7 Å². The molecule has 0 aliphatic carbocycles. The molecule has 1 fully saturated rings. The van der Waals surface area contributed by atoms with Gasteiger partial charge in [-0.3, -0.25) is 30.0 Å². The van der Waals surface area contributed by atoms with Crippen molar-refractivity contribution in [3.8, 4) is 5.75 Å². The summed E-state index contributed by atoms with van der Waals surface area (Å²) < 4.78 is 40.5. The smallest absolute Gasteiger partial charge is 0.416 e. The second-order valence-electron chi connectivity index (χ2n) is 8.81. The van der Waals surface area contributed by atoms with Gasteiger partial charge in [0, 0.05) is 16.8 Å². The Morgan fingerprint density at radius 2 is 1.79 bits per heavy atom. The second kappa shape index (κ2) is 9.62. The van der Waals surface area contributed by atoms with Crippen LogP contribution in [0.25, 0.3) is 6.08 Å². The highest BCUT2D eigenvalue weighted by atomic mass is 32.2. The SMILES string of the molecule is Cc1ccc(N2C(=O)C(=NNc3cccc(C=C4SC(=O)NC4=O)c3O)c3ccc(C(F)(F)F)cc32)cc1C. The zero-order valence-corrected chi connectivity index (χ0v) is 21.2. The van der Waals surface area contributed by atoms with E-state index >= 15 is 0 Å². The van der Waals surface area contributed by atoms with Crippen LogP contribution in [0.3, 0.4) is 0 Å². The minimum Gasteiger partial charge on any atom is -0.505 e. The largest absolute Gasteiger partial charge is 0.505 e. The van der Waals surface area contributed by atoms with Gasteiger partial charge in [-0.25, -0.2) is 0 Å². The summed E-state index contributed by atoms with van der Waals surface area (Å²) in [5.74, 6) is -1.57. The minimum atomic E-state index is -4.62. The number of carbonyl (C=O) groups is 3. The topological polar surface area (TPSA) is 111 Å². The van der Waals surface area contributed by atoms with Gasteiger partial charge in [-0.15, -0.1) is 0 Å². The molecule has 198 valence electrons. The number of rotatable bonds is 4. The zero-order valence-electron chi connectivity index (χ0n) is 20.4. The van der Waals surface area contributed by atoms with Crippen LogP contribution in [0.5, 0.6) is 5.75 Å². The Kier molecular flexibility index (Phi) is 6.43. The number of alkyl halides is 3. The van der Waals surface area contributed by atoms with E-state index < -0.39 is 28.8 Å². The zero-order chi connectivity index (χ0) is 28.1. The molecular weight excluding hydrogens is 533 g/mol. The predicted molar refractivity (Wildman–Crippen MR) is 142 cm³/mol. The number of halogens is 3. The molecule has 12 heteroatoms. The summed E-state index contributed by atoms with van der Waals surface area (Å²) >= 11 is 0.684. The highest BCUT2D eigenvalue weighted by Gasteiger charge is 2.39. The van der Waals surface area contributed by atoms with Crippen LogP contribution in [0.1, 0.15) is 27.8 Å². The van der Waals surface area contributed by atoms with Gasteiger partial charge in [0.2, 0.25) is 0 Å². The van der Waals surface area contributed by atoms with Crippen molar-refractivity contribution in [3.63, 3.8) is 0 Å². The molecule has 0 unspecified atom stereocenters. The minimum absolute atomic E-state index is 0.0234. The number of benzene rings is 3. The molecule has 0 radical (unpaired) electrons. The quantitative estimate of drug-likeness (QED) is 0.213. The number of aromatic hydroxyl groups is 1. The van der Waals surface area contributed by atoms with E-state index in [1.165, 1.54) is 29.2 Å². The average molecular weight is 553 g/mol. The first-order chi connectivity index (χ1) is 18.4. The second-order valence-corrected chi connectivity index (χ2v) is 9.82. The van der Waals surface area contributed by atoms with Crippen LogP contribution >= 0.6 is 11.8 Å². The number of phenols is 1. The van der Waals surface area contributed by atoms with Crippen LogP contribution in [0.4, 0.5) is 35.0 Å². The molecular formula is C27H19F3N4O4S. The summed E-state index contributed by atoms with van der Waals surface area (Å²) in [4.78, 5) is 38.1. The molecule has 0 aromatic heterocycles. The predicted octanol–water partition coefficient (Wildman–Crippen LogP) is 5.85. The Morgan fingerprint density at radius 1 is 1.03 bits per heavy atom. The Morgan fingerprint density at radius 3 is 2.46 bits per heavy atom. The normalized spacial score (nSPS) is 17.3. The molecule has 8 nitrogen and oxygen atoms in total. The monoisotopic (exact) mass is 552 g/mol. The molecule has 3 amide bonds. The first kappa shape index (κ1) is 26.0. The molecule has 5 rings (SSSR count). The van der Waals surface area contributed by atoms with Gasteiger partial charge in [-0.2, -0.15) is 18.3 Å². The first-order valence-electron chi connectivity index (χ1n) is 11.5. The van der Waals surface area contributed by atoms with Gasteiger partial charge in [0.25, 0.3) is 17.1 Å². The van der Waals surface area contributed by atoms with Gasteiger partial charge in [0.1, 0.15) is 5.75 Å². The third-order valence-electron chi connectivity index (χ3n) is 6.26. The van der Waals surface area contributed by atoms with E-state index in [1.807, 2.05) is 13.8 Å². The summed E-state index contributed by atoms with van der Waals surface area (Å²) in [5.41, 5.74) is 4.20. The van der Waals surface area contributed by atoms with Crippen LogP contribution in [-0.2, 0) is 15.8 Å². The summed E-state index contributed by atoms with van der Waals surface area (Å²) in [6, 6.07) is 12.6. The maximum absolute atomic E-state index is 13.5. The van der Waals surface area contributed by atoms with Crippen molar-refractivity contribution in [1.29, 1.82) is 0 Å². The van der Waals surface area contributed by atoms with Crippen LogP contribution in [0, 0.1) is 13.8 Å². The van der Waals surface area contributed by atoms with Crippen molar-refractivity contribution in [2.75, 3.05) is 10.3 Å². The lowest BCUT2D eigenvalue weighted by atomic mass is 10.1. The number of phenolic OH excluding ortho intramolecular Hbond substituents is 1. The summed E-state index contributed by atoms with van der Waals surface area (Å²) in [7, 11) is 0. The Hall–Kier alpha value is -4.58. The van der Waals surface area contributed by atoms with E-state index in [0.29, 0.717) is 17.4 Å². The first-order valence-corrected chi connectivity index (χ1v) is 12.3.